The number of carbonyl (C=O) groups is 1. The van der Waals surface area contributed by atoms with Gasteiger partial charge in [-0.1, -0.05) is 0 Å². The van der Waals surface area contributed by atoms with Crippen LogP contribution in [-0.2, 0) is 11.2 Å². The Labute approximate surface area is 80.3 Å². The fourth-order valence-corrected chi connectivity index (χ4v) is 0.999. The van der Waals surface area contributed by atoms with E-state index in [1.807, 2.05) is 0 Å². The van der Waals surface area contributed by atoms with Crippen LogP contribution in [0.4, 0.5) is 8.78 Å². The lowest BCUT2D eigenvalue weighted by molar-refractivity contribution is -0.136. The van der Waals surface area contributed by atoms with Crippen molar-refractivity contribution in [3.63, 3.8) is 0 Å². The minimum atomic E-state index is -1.21. The van der Waals surface area contributed by atoms with E-state index in [9.17, 15) is 13.6 Å². The van der Waals surface area contributed by atoms with Crippen molar-refractivity contribution in [3.8, 4) is 5.75 Å². The highest BCUT2D eigenvalue weighted by atomic mass is 19.2. The molecule has 0 atom stereocenters. The average Bonchev–Trinajstić information content (AvgIpc) is 2.12. The van der Waals surface area contributed by atoms with Crippen LogP contribution in [-0.4, -0.2) is 18.2 Å². The van der Waals surface area contributed by atoms with Gasteiger partial charge in [0.1, 0.15) is 0 Å². The van der Waals surface area contributed by atoms with Crippen LogP contribution < -0.4 is 4.74 Å². The third-order valence-corrected chi connectivity index (χ3v) is 1.57. The average molecular weight is 203 g/mol. The molecule has 1 aromatic carbocycles. The number of halogens is 2. The molecule has 0 spiro atoms. The standard InChI is InChI=1S/C9H8F2O3/c1-14-7-3-5(4-8(12)13)2-6(10)9(7)11/h2-3H,4H2,1H3,(H,12,13)/i1D. The lowest BCUT2D eigenvalue weighted by Crippen LogP contribution is -2.02. The molecular weight excluding hydrogens is 194 g/mol. The van der Waals surface area contributed by atoms with Crippen molar-refractivity contribution < 1.29 is 24.8 Å². The number of carboxylic acid groups (broad SMARTS) is 1. The highest BCUT2D eigenvalue weighted by molar-refractivity contribution is 5.70. The lowest BCUT2D eigenvalue weighted by Gasteiger charge is -2.04. The van der Waals surface area contributed by atoms with Gasteiger partial charge in [-0.05, 0) is 17.7 Å². The van der Waals surface area contributed by atoms with Gasteiger partial charge in [0.05, 0.1) is 14.9 Å². The second-order valence-corrected chi connectivity index (χ2v) is 2.60. The molecule has 1 aromatic rings. The predicted molar refractivity (Wildman–Crippen MR) is 44.2 cm³/mol. The van der Waals surface area contributed by atoms with E-state index in [2.05, 4.69) is 4.74 Å². The van der Waals surface area contributed by atoms with Gasteiger partial charge in [0.25, 0.3) is 0 Å². The molecule has 0 aliphatic carbocycles. The van der Waals surface area contributed by atoms with Gasteiger partial charge >= 0.3 is 5.97 Å². The molecule has 14 heavy (non-hydrogen) atoms. The normalized spacial score (nSPS) is 10.9. The summed E-state index contributed by atoms with van der Waals surface area (Å²) >= 11 is 0. The van der Waals surface area contributed by atoms with Crippen molar-refractivity contribution in [1.82, 2.24) is 0 Å². The summed E-state index contributed by atoms with van der Waals surface area (Å²) in [5.74, 6) is -3.99. The van der Waals surface area contributed by atoms with Crippen LogP contribution in [0.25, 0.3) is 0 Å². The molecule has 0 saturated carbocycles. The van der Waals surface area contributed by atoms with Gasteiger partial charge in [-0.2, -0.15) is 4.39 Å². The Balaban J connectivity index is 3.05. The van der Waals surface area contributed by atoms with E-state index >= 15 is 0 Å². The van der Waals surface area contributed by atoms with Crippen molar-refractivity contribution in [2.45, 2.75) is 6.42 Å². The van der Waals surface area contributed by atoms with Crippen LogP contribution in [0, 0.1) is 11.6 Å². The van der Waals surface area contributed by atoms with Crippen LogP contribution in [0.15, 0.2) is 12.1 Å². The predicted octanol–water partition coefficient (Wildman–Crippen LogP) is 1.60. The first kappa shape index (κ1) is 8.93. The van der Waals surface area contributed by atoms with Crippen molar-refractivity contribution in [3.05, 3.63) is 29.3 Å². The number of benzene rings is 1. The Morgan fingerprint density at radius 1 is 1.64 bits per heavy atom. The molecule has 0 radical (unpaired) electrons. The van der Waals surface area contributed by atoms with Crippen LogP contribution >= 0.6 is 0 Å². The maximum Gasteiger partial charge on any atom is 0.307 e. The Morgan fingerprint density at radius 2 is 2.36 bits per heavy atom. The molecule has 0 heterocycles. The van der Waals surface area contributed by atoms with Crippen molar-refractivity contribution in [2.24, 2.45) is 0 Å². The Bertz CT molecular complexity index is 382. The van der Waals surface area contributed by atoms with Crippen LogP contribution in [0.3, 0.4) is 0 Å². The van der Waals surface area contributed by atoms with Crippen LogP contribution in [0.1, 0.15) is 6.93 Å². The van der Waals surface area contributed by atoms with E-state index in [0.717, 1.165) is 12.1 Å². The van der Waals surface area contributed by atoms with Gasteiger partial charge in [0.15, 0.2) is 11.6 Å². The topological polar surface area (TPSA) is 46.5 Å². The summed E-state index contributed by atoms with van der Waals surface area (Å²) in [7, 11) is -0.563. The van der Waals surface area contributed by atoms with Gasteiger partial charge in [-0.25, -0.2) is 4.39 Å². The van der Waals surface area contributed by atoms with Crippen molar-refractivity contribution in [1.29, 1.82) is 0 Å². The molecule has 0 bridgehead atoms. The molecule has 1 N–H and O–H groups in total. The van der Waals surface area contributed by atoms with Gasteiger partial charge in [0.2, 0.25) is 5.82 Å². The Kier molecular flexibility index (Phi) is 2.58. The second-order valence-electron chi connectivity index (χ2n) is 2.60. The maximum absolute atomic E-state index is 13.0. The molecule has 1 rings (SSSR count). The highest BCUT2D eigenvalue weighted by Gasteiger charge is 2.12. The van der Waals surface area contributed by atoms with Gasteiger partial charge in [-0.15, -0.1) is 0 Å². The van der Waals surface area contributed by atoms with Gasteiger partial charge in [-0.3, -0.25) is 4.79 Å². The number of hydrogen-bond donors (Lipinski definition) is 1. The molecular formula is C9H8F2O3. The minimum Gasteiger partial charge on any atom is -0.494 e. The third-order valence-electron chi connectivity index (χ3n) is 1.57. The second kappa shape index (κ2) is 4.04. The number of ether oxygens (including phenoxy) is 1. The summed E-state index contributed by atoms with van der Waals surface area (Å²) in [6.45, 7) is 0. The summed E-state index contributed by atoms with van der Waals surface area (Å²) in [6, 6.07) is 1.86. The Morgan fingerprint density at radius 3 is 2.93 bits per heavy atom. The first-order valence-electron chi connectivity index (χ1n) is 4.37. The van der Waals surface area contributed by atoms with Crippen LogP contribution in [0.2, 0.25) is 0 Å². The summed E-state index contributed by atoms with van der Waals surface area (Å²) in [5.41, 5.74) is 0.0878. The maximum atomic E-state index is 13.0. The molecule has 0 aliphatic rings. The molecule has 0 aliphatic heterocycles. The van der Waals surface area contributed by atoms with Crippen molar-refractivity contribution >= 4 is 5.97 Å². The summed E-state index contributed by atoms with van der Waals surface area (Å²) in [6.07, 6.45) is -0.425. The van der Waals surface area contributed by atoms with E-state index in [1.54, 1.807) is 0 Å². The number of carboxylic acids is 1. The fraction of sp³-hybridized carbons (Fsp3) is 0.222. The molecule has 76 valence electrons. The van der Waals surface area contributed by atoms with Crippen LogP contribution in [0.5, 0.6) is 5.75 Å². The smallest absolute Gasteiger partial charge is 0.307 e. The lowest BCUT2D eigenvalue weighted by atomic mass is 10.1. The van der Waals surface area contributed by atoms with Gasteiger partial charge < -0.3 is 9.84 Å². The van der Waals surface area contributed by atoms with E-state index < -0.39 is 36.9 Å². The van der Waals surface area contributed by atoms with E-state index in [-0.39, 0.29) is 5.56 Å². The highest BCUT2D eigenvalue weighted by Crippen LogP contribution is 2.21. The van der Waals surface area contributed by atoms with E-state index in [0.29, 0.717) is 0 Å². The van der Waals surface area contributed by atoms with Crippen molar-refractivity contribution in [2.75, 3.05) is 7.09 Å². The number of aliphatic carboxylic acids is 1. The Hall–Kier alpha value is -1.65. The number of rotatable bonds is 3. The quantitative estimate of drug-likeness (QED) is 0.811. The fourth-order valence-electron chi connectivity index (χ4n) is 0.999. The summed E-state index contributed by atoms with van der Waals surface area (Å²) in [4.78, 5) is 10.3. The zero-order valence-electron chi connectivity index (χ0n) is 8.09. The SMILES string of the molecule is [2H]COc1cc(CC(=O)O)cc(F)c1F. The first-order valence-corrected chi connectivity index (χ1v) is 3.66. The molecule has 3 nitrogen and oxygen atoms in total. The number of hydrogen-bond acceptors (Lipinski definition) is 2. The van der Waals surface area contributed by atoms with E-state index in [1.165, 1.54) is 0 Å². The zero-order chi connectivity index (χ0) is 11.4. The molecule has 0 amide bonds. The minimum absolute atomic E-state index is 0.0878. The molecule has 0 fully saturated rings. The molecule has 5 heteroatoms. The molecule has 0 saturated heterocycles. The summed E-state index contributed by atoms with van der Waals surface area (Å²) in [5, 5.41) is 8.45. The molecule has 0 unspecified atom stereocenters. The molecule has 0 aromatic heterocycles. The third kappa shape index (κ3) is 2.18. The zero-order valence-corrected chi connectivity index (χ0v) is 7.09. The number of methoxy groups -OCH3 is 1. The summed E-state index contributed by atoms with van der Waals surface area (Å²) < 4.78 is 37.1. The van der Waals surface area contributed by atoms with E-state index in [4.69, 9.17) is 6.48 Å². The largest absolute Gasteiger partial charge is 0.494 e. The van der Waals surface area contributed by atoms with Gasteiger partial charge in [0, 0.05) is 0 Å². The monoisotopic (exact) mass is 203 g/mol. The first-order chi connectivity index (χ1) is 7.04.